The number of carbonyl (C=O) groups is 2. The molecule has 4 heteroatoms. The summed E-state index contributed by atoms with van der Waals surface area (Å²) in [6.07, 6.45) is 0. The van der Waals surface area contributed by atoms with Gasteiger partial charge in [-0.2, -0.15) is 0 Å². The second-order valence-corrected chi connectivity index (χ2v) is 9.15. The number of ether oxygens (including phenoxy) is 1. The van der Waals surface area contributed by atoms with Crippen LogP contribution in [-0.4, -0.2) is 11.8 Å². The molecule has 4 unspecified atom stereocenters. The van der Waals surface area contributed by atoms with Gasteiger partial charge in [-0.3, -0.25) is 9.59 Å². The largest absolute Gasteiger partial charge is 0.348 e. The number of fused-ring (bicyclic) bond motifs is 8. The summed E-state index contributed by atoms with van der Waals surface area (Å²) in [6.45, 7) is 0. The van der Waals surface area contributed by atoms with Crippen molar-refractivity contribution in [3.63, 3.8) is 0 Å². The zero-order chi connectivity index (χ0) is 22.9. The third-order valence-electron chi connectivity index (χ3n) is 7.65. The smallest absolute Gasteiger partial charge is 0.241 e. The fourth-order valence-corrected chi connectivity index (χ4v) is 6.44. The van der Waals surface area contributed by atoms with Gasteiger partial charge in [0.2, 0.25) is 11.8 Å². The molecule has 3 aliphatic rings. The van der Waals surface area contributed by atoms with Crippen LogP contribution >= 0.6 is 0 Å². The van der Waals surface area contributed by atoms with Gasteiger partial charge < -0.3 is 4.74 Å². The van der Waals surface area contributed by atoms with Gasteiger partial charge >= 0.3 is 0 Å². The van der Waals surface area contributed by atoms with E-state index in [2.05, 4.69) is 0 Å². The van der Waals surface area contributed by atoms with Crippen molar-refractivity contribution in [3.05, 3.63) is 138 Å². The quantitative estimate of drug-likeness (QED) is 0.418. The van der Waals surface area contributed by atoms with Crippen LogP contribution in [0.15, 0.2) is 115 Å². The second kappa shape index (κ2) is 6.75. The lowest BCUT2D eigenvalue weighted by Crippen LogP contribution is -2.42. The van der Waals surface area contributed by atoms with Crippen molar-refractivity contribution in [2.24, 2.45) is 11.8 Å². The molecule has 0 N–H and O–H groups in total. The molecule has 2 amide bonds. The third-order valence-corrected chi connectivity index (χ3v) is 7.65. The normalized spacial score (nSPS) is 28.8. The molecule has 2 saturated heterocycles. The monoisotopic (exact) mass is 443 g/mol. The van der Waals surface area contributed by atoms with E-state index < -0.39 is 23.0 Å². The SMILES string of the molecule is O=C1C2C(C(=O)N1c1ccccc1)C1(c3ccccc3)OC2(c2ccccc2)c2ccccc21. The maximum absolute atomic E-state index is 14.2. The number of hydrogen-bond donors (Lipinski definition) is 0. The first kappa shape index (κ1) is 19.4. The van der Waals surface area contributed by atoms with E-state index in [-0.39, 0.29) is 11.8 Å². The van der Waals surface area contributed by atoms with Crippen LogP contribution in [0.3, 0.4) is 0 Å². The second-order valence-electron chi connectivity index (χ2n) is 9.15. The minimum atomic E-state index is -1.05. The summed E-state index contributed by atoms with van der Waals surface area (Å²) in [6, 6.07) is 37.0. The van der Waals surface area contributed by atoms with Crippen molar-refractivity contribution in [1.82, 2.24) is 0 Å². The van der Waals surface area contributed by atoms with Crippen molar-refractivity contribution in [2.45, 2.75) is 11.2 Å². The van der Waals surface area contributed by atoms with Crippen LogP contribution in [0.25, 0.3) is 0 Å². The molecule has 164 valence electrons. The van der Waals surface area contributed by atoms with E-state index in [0.29, 0.717) is 5.69 Å². The van der Waals surface area contributed by atoms with Crippen molar-refractivity contribution in [1.29, 1.82) is 0 Å². The molecule has 0 spiro atoms. The number of anilines is 1. The van der Waals surface area contributed by atoms with Crippen LogP contribution < -0.4 is 4.90 Å². The third kappa shape index (κ3) is 2.17. The standard InChI is InChI=1S/C30H21NO3/c32-27-25-26(28(33)31(27)22-16-8-3-9-17-22)30(21-14-6-2-7-15-21)24-19-11-10-18-23(24)29(25,34-30)20-12-4-1-5-13-20/h1-19,25-26H. The van der Waals surface area contributed by atoms with Gasteiger partial charge in [-0.1, -0.05) is 103 Å². The van der Waals surface area contributed by atoms with E-state index in [9.17, 15) is 9.59 Å². The molecule has 2 fully saturated rings. The van der Waals surface area contributed by atoms with Gasteiger partial charge in [-0.25, -0.2) is 4.90 Å². The molecule has 4 atom stereocenters. The maximum Gasteiger partial charge on any atom is 0.241 e. The molecule has 7 rings (SSSR count). The molecule has 0 aromatic heterocycles. The summed E-state index contributed by atoms with van der Waals surface area (Å²) in [5.74, 6) is -1.76. The van der Waals surface area contributed by atoms with E-state index >= 15 is 0 Å². The summed E-state index contributed by atoms with van der Waals surface area (Å²) in [5, 5.41) is 0. The fraction of sp³-hybridized carbons (Fsp3) is 0.133. The highest BCUT2D eigenvalue weighted by Crippen LogP contribution is 2.70. The summed E-state index contributed by atoms with van der Waals surface area (Å²) >= 11 is 0. The lowest BCUT2D eigenvalue weighted by atomic mass is 9.61. The average Bonchev–Trinajstić information content (AvgIpc) is 3.50. The molecule has 0 radical (unpaired) electrons. The Labute approximate surface area is 197 Å². The molecule has 2 bridgehead atoms. The van der Waals surface area contributed by atoms with Gasteiger partial charge in [0.25, 0.3) is 0 Å². The molecule has 4 aromatic rings. The Morgan fingerprint density at radius 3 is 1.35 bits per heavy atom. The molecule has 0 aliphatic carbocycles. The van der Waals surface area contributed by atoms with Crippen molar-refractivity contribution in [3.8, 4) is 0 Å². The molecule has 3 heterocycles. The molecule has 4 nitrogen and oxygen atoms in total. The van der Waals surface area contributed by atoms with Crippen LogP contribution in [-0.2, 0) is 25.5 Å². The Morgan fingerprint density at radius 1 is 0.529 bits per heavy atom. The summed E-state index contributed by atoms with van der Waals surface area (Å²) in [7, 11) is 0. The maximum atomic E-state index is 14.2. The Kier molecular flexibility index (Phi) is 3.86. The van der Waals surface area contributed by atoms with Crippen LogP contribution in [0.2, 0.25) is 0 Å². The molecular weight excluding hydrogens is 422 g/mol. The Bertz CT molecular complexity index is 1350. The highest BCUT2D eigenvalue weighted by Gasteiger charge is 2.78. The highest BCUT2D eigenvalue weighted by atomic mass is 16.5. The first-order valence-electron chi connectivity index (χ1n) is 11.5. The number of amides is 2. The summed E-state index contributed by atoms with van der Waals surface area (Å²) in [5.41, 5.74) is 2.21. The van der Waals surface area contributed by atoms with E-state index in [0.717, 1.165) is 22.3 Å². The number of hydrogen-bond acceptors (Lipinski definition) is 3. The van der Waals surface area contributed by atoms with Gasteiger partial charge in [0.1, 0.15) is 11.2 Å². The Hall–Kier alpha value is -4.02. The van der Waals surface area contributed by atoms with Crippen molar-refractivity contribution >= 4 is 17.5 Å². The van der Waals surface area contributed by atoms with Gasteiger partial charge in [0, 0.05) is 0 Å². The van der Waals surface area contributed by atoms with E-state index in [1.54, 1.807) is 0 Å². The van der Waals surface area contributed by atoms with Crippen LogP contribution in [0.1, 0.15) is 22.3 Å². The minimum absolute atomic E-state index is 0.211. The van der Waals surface area contributed by atoms with Crippen molar-refractivity contribution in [2.75, 3.05) is 4.90 Å². The lowest BCUT2D eigenvalue weighted by Gasteiger charge is -2.34. The number of carbonyl (C=O) groups excluding carboxylic acids is 2. The summed E-state index contributed by atoms with van der Waals surface area (Å²) in [4.78, 5) is 29.7. The predicted molar refractivity (Wildman–Crippen MR) is 128 cm³/mol. The molecular formula is C30H21NO3. The highest BCUT2D eigenvalue weighted by molar-refractivity contribution is 6.24. The number of nitrogens with zero attached hydrogens (tertiary/aromatic N) is 1. The fourth-order valence-electron chi connectivity index (χ4n) is 6.44. The minimum Gasteiger partial charge on any atom is -0.348 e. The molecule has 0 saturated carbocycles. The van der Waals surface area contributed by atoms with E-state index in [1.165, 1.54) is 4.90 Å². The van der Waals surface area contributed by atoms with Crippen LogP contribution in [0.5, 0.6) is 0 Å². The summed E-state index contributed by atoms with van der Waals surface area (Å²) < 4.78 is 7.11. The number of imide groups is 1. The average molecular weight is 444 g/mol. The Balaban J connectivity index is 1.57. The number of benzene rings is 4. The predicted octanol–water partition coefficient (Wildman–Crippen LogP) is 5.02. The van der Waals surface area contributed by atoms with Gasteiger partial charge in [0.05, 0.1) is 17.5 Å². The molecule has 3 aliphatic heterocycles. The van der Waals surface area contributed by atoms with Crippen LogP contribution in [0.4, 0.5) is 5.69 Å². The zero-order valence-electron chi connectivity index (χ0n) is 18.3. The number of rotatable bonds is 3. The van der Waals surface area contributed by atoms with Gasteiger partial charge in [-0.15, -0.1) is 0 Å². The molecule has 4 aromatic carbocycles. The Morgan fingerprint density at radius 2 is 0.912 bits per heavy atom. The van der Waals surface area contributed by atoms with Gasteiger partial charge in [0.15, 0.2) is 0 Å². The number of para-hydroxylation sites is 1. The first-order valence-corrected chi connectivity index (χ1v) is 11.5. The van der Waals surface area contributed by atoms with E-state index in [4.69, 9.17) is 4.74 Å². The first-order chi connectivity index (χ1) is 16.7. The van der Waals surface area contributed by atoms with E-state index in [1.807, 2.05) is 115 Å². The van der Waals surface area contributed by atoms with Crippen molar-refractivity contribution < 1.29 is 14.3 Å². The lowest BCUT2D eigenvalue weighted by molar-refractivity contribution is -0.131. The van der Waals surface area contributed by atoms with Crippen LogP contribution in [0, 0.1) is 11.8 Å². The van der Waals surface area contributed by atoms with Gasteiger partial charge in [-0.05, 0) is 34.4 Å². The molecule has 34 heavy (non-hydrogen) atoms. The zero-order valence-corrected chi connectivity index (χ0v) is 18.3. The topological polar surface area (TPSA) is 46.6 Å².